The summed E-state index contributed by atoms with van der Waals surface area (Å²) in [6, 6.07) is 9.74. The molecule has 1 atom stereocenters. The number of hydrogen-bond acceptors (Lipinski definition) is 4. The molecule has 0 bridgehead atoms. The van der Waals surface area contributed by atoms with E-state index in [4.69, 9.17) is 4.74 Å². The van der Waals surface area contributed by atoms with E-state index in [1.54, 1.807) is 12.1 Å². The van der Waals surface area contributed by atoms with Crippen LogP contribution in [0.25, 0.3) is 0 Å². The lowest BCUT2D eigenvalue weighted by molar-refractivity contribution is -0.276. The first-order chi connectivity index (χ1) is 13.1. The van der Waals surface area contributed by atoms with Crippen LogP contribution in [0.1, 0.15) is 59.9 Å². The number of rotatable bonds is 3. The Bertz CT molecular complexity index is 779. The lowest BCUT2D eigenvalue weighted by Crippen LogP contribution is -2.20. The van der Waals surface area contributed by atoms with Crippen molar-refractivity contribution in [2.75, 3.05) is 0 Å². The molecule has 0 spiro atoms. The van der Waals surface area contributed by atoms with E-state index in [2.05, 4.69) is 35.5 Å². The van der Waals surface area contributed by atoms with Gasteiger partial charge >= 0.3 is 6.36 Å². The van der Waals surface area contributed by atoms with Crippen LogP contribution >= 0.6 is 0 Å². The van der Waals surface area contributed by atoms with Crippen LogP contribution in [0.3, 0.4) is 0 Å². The van der Waals surface area contributed by atoms with Crippen LogP contribution in [0.4, 0.5) is 17.6 Å². The first-order valence-electron chi connectivity index (χ1n) is 9.09. The largest absolute Gasteiger partial charge is 0.574 e. The molecule has 0 fully saturated rings. The van der Waals surface area contributed by atoms with Gasteiger partial charge < -0.3 is 9.47 Å². The Morgan fingerprint density at radius 1 is 0.759 bits per heavy atom. The second-order valence-corrected chi connectivity index (χ2v) is 8.43. The van der Waals surface area contributed by atoms with Crippen molar-refractivity contribution in [1.82, 2.24) is 9.97 Å². The average Bonchev–Trinajstić information content (AvgIpc) is 2.52. The number of pyridine rings is 2. The zero-order chi connectivity index (χ0) is 22.5. The molecule has 0 aliphatic heterocycles. The van der Waals surface area contributed by atoms with Crippen molar-refractivity contribution >= 4 is 0 Å². The van der Waals surface area contributed by atoms with Gasteiger partial charge in [-0.05, 0) is 12.1 Å². The normalized spacial score (nSPS) is 13.2. The van der Waals surface area contributed by atoms with E-state index in [0.717, 1.165) is 5.69 Å². The summed E-state index contributed by atoms with van der Waals surface area (Å²) in [7, 11) is 0. The molecule has 2 aromatic rings. The van der Waals surface area contributed by atoms with Gasteiger partial charge in [0.2, 0.25) is 18.1 Å². The molecule has 2 rings (SSSR count). The van der Waals surface area contributed by atoms with Gasteiger partial charge in [-0.25, -0.2) is 14.4 Å². The number of nitrogens with zero attached hydrogens (tertiary/aromatic N) is 2. The van der Waals surface area contributed by atoms with Crippen LogP contribution in [0.2, 0.25) is 0 Å². The molecular formula is C21H28F4N2O2. The number of aromatic nitrogens is 2. The molecule has 0 radical (unpaired) electrons. The molecule has 0 saturated carbocycles. The molecular weight excluding hydrogens is 388 g/mol. The third-order valence-electron chi connectivity index (χ3n) is 3.49. The maximum absolute atomic E-state index is 12.6. The molecule has 4 nitrogen and oxygen atoms in total. The third kappa shape index (κ3) is 9.58. The second kappa shape index (κ2) is 9.41. The molecule has 8 heteroatoms. The number of alkyl halides is 4. The van der Waals surface area contributed by atoms with Gasteiger partial charge in [-0.1, -0.05) is 53.7 Å². The quantitative estimate of drug-likeness (QED) is 0.547. The standard InChI is InChI=1S/C11H16FNO.C10H12F3NO/c1-8(12)14-10-7-5-6-9(13-10)11(2,3)4;1-9(2,3)7-5-4-6-8(14-7)15-10(11,12)13/h5-8H,1-4H3;4-6H,1-3H3. The molecule has 0 N–H and O–H groups in total. The zero-order valence-electron chi connectivity index (χ0n) is 17.8. The van der Waals surface area contributed by atoms with Crippen molar-refractivity contribution in [3.05, 3.63) is 47.8 Å². The van der Waals surface area contributed by atoms with E-state index >= 15 is 0 Å². The van der Waals surface area contributed by atoms with E-state index < -0.39 is 18.6 Å². The van der Waals surface area contributed by atoms with E-state index in [-0.39, 0.29) is 10.8 Å². The molecule has 0 saturated heterocycles. The molecule has 2 aromatic heterocycles. The van der Waals surface area contributed by atoms with Gasteiger partial charge in [0.1, 0.15) is 0 Å². The summed E-state index contributed by atoms with van der Waals surface area (Å²) in [5.41, 5.74) is 1.11. The Morgan fingerprint density at radius 3 is 1.55 bits per heavy atom. The predicted molar refractivity (Wildman–Crippen MR) is 104 cm³/mol. The number of halogens is 4. The molecule has 1 unspecified atom stereocenters. The van der Waals surface area contributed by atoms with E-state index in [1.165, 1.54) is 19.1 Å². The van der Waals surface area contributed by atoms with Crippen LogP contribution in [0.15, 0.2) is 36.4 Å². The fraction of sp³-hybridized carbons (Fsp3) is 0.524. The summed E-state index contributed by atoms with van der Waals surface area (Å²) >= 11 is 0. The van der Waals surface area contributed by atoms with Gasteiger partial charge in [0, 0.05) is 41.3 Å². The Balaban J connectivity index is 0.000000291. The summed E-state index contributed by atoms with van der Waals surface area (Å²) < 4.78 is 56.9. The van der Waals surface area contributed by atoms with Crippen LogP contribution in [-0.4, -0.2) is 22.7 Å². The van der Waals surface area contributed by atoms with Gasteiger partial charge in [-0.2, -0.15) is 0 Å². The van der Waals surface area contributed by atoms with Crippen LogP contribution < -0.4 is 9.47 Å². The van der Waals surface area contributed by atoms with E-state index in [9.17, 15) is 17.6 Å². The van der Waals surface area contributed by atoms with Crippen molar-refractivity contribution in [3.8, 4) is 11.8 Å². The minimum absolute atomic E-state index is 0.0427. The molecule has 0 amide bonds. The van der Waals surface area contributed by atoms with Gasteiger partial charge in [0.05, 0.1) is 0 Å². The highest BCUT2D eigenvalue weighted by atomic mass is 19.4. The average molecular weight is 416 g/mol. The minimum Gasteiger partial charge on any atom is -0.444 e. The van der Waals surface area contributed by atoms with Gasteiger partial charge in [-0.3, -0.25) is 0 Å². The third-order valence-corrected chi connectivity index (χ3v) is 3.49. The monoisotopic (exact) mass is 416 g/mol. The highest BCUT2D eigenvalue weighted by molar-refractivity contribution is 5.21. The number of hydrogen-bond donors (Lipinski definition) is 0. The minimum atomic E-state index is -4.69. The Hall–Kier alpha value is -2.38. The van der Waals surface area contributed by atoms with Crippen molar-refractivity contribution in [3.63, 3.8) is 0 Å². The van der Waals surface area contributed by atoms with E-state index in [1.807, 2.05) is 32.9 Å². The highest BCUT2D eigenvalue weighted by Crippen LogP contribution is 2.25. The number of ether oxygens (including phenoxy) is 2. The van der Waals surface area contributed by atoms with Crippen molar-refractivity contribution < 1.29 is 27.0 Å². The maximum atomic E-state index is 12.6. The summed E-state index contributed by atoms with van der Waals surface area (Å²) in [5.74, 6) is -0.0812. The summed E-state index contributed by atoms with van der Waals surface area (Å²) in [4.78, 5) is 8.01. The van der Waals surface area contributed by atoms with Crippen molar-refractivity contribution in [2.24, 2.45) is 0 Å². The fourth-order valence-electron chi connectivity index (χ4n) is 2.07. The molecule has 29 heavy (non-hydrogen) atoms. The molecule has 0 aromatic carbocycles. The van der Waals surface area contributed by atoms with Crippen molar-refractivity contribution in [2.45, 2.75) is 72.0 Å². The molecule has 0 aliphatic carbocycles. The summed E-state index contributed by atoms with van der Waals surface area (Å²) in [5, 5.41) is 0. The maximum Gasteiger partial charge on any atom is 0.574 e. The summed E-state index contributed by atoms with van der Waals surface area (Å²) in [6.45, 7) is 13.1. The topological polar surface area (TPSA) is 44.2 Å². The van der Waals surface area contributed by atoms with Gasteiger partial charge in [0.15, 0.2) is 0 Å². The van der Waals surface area contributed by atoms with Crippen LogP contribution in [0, 0.1) is 0 Å². The van der Waals surface area contributed by atoms with E-state index in [0.29, 0.717) is 11.6 Å². The molecule has 2 heterocycles. The summed E-state index contributed by atoms with van der Waals surface area (Å²) in [6.07, 6.45) is -6.01. The Labute approximate surface area is 169 Å². The Kier molecular flexibility index (Phi) is 8.00. The first kappa shape index (κ1) is 24.7. The van der Waals surface area contributed by atoms with Gasteiger partial charge in [-0.15, -0.1) is 13.2 Å². The smallest absolute Gasteiger partial charge is 0.444 e. The van der Waals surface area contributed by atoms with Crippen LogP contribution in [-0.2, 0) is 10.8 Å². The fourth-order valence-corrected chi connectivity index (χ4v) is 2.07. The van der Waals surface area contributed by atoms with Gasteiger partial charge in [0.25, 0.3) is 0 Å². The second-order valence-electron chi connectivity index (χ2n) is 8.43. The highest BCUT2D eigenvalue weighted by Gasteiger charge is 2.32. The first-order valence-corrected chi connectivity index (χ1v) is 9.09. The Morgan fingerprint density at radius 2 is 1.17 bits per heavy atom. The lowest BCUT2D eigenvalue weighted by Gasteiger charge is -2.18. The van der Waals surface area contributed by atoms with Crippen molar-refractivity contribution in [1.29, 1.82) is 0 Å². The molecule has 0 aliphatic rings. The SMILES string of the molecule is CC(C)(C)c1cccc(OC(F)(F)F)n1.CC(F)Oc1cccc(C(C)(C)C)n1. The molecule has 162 valence electrons. The lowest BCUT2D eigenvalue weighted by atomic mass is 9.92. The predicted octanol–water partition coefficient (Wildman–Crippen LogP) is 6.35. The van der Waals surface area contributed by atoms with Crippen LogP contribution in [0.5, 0.6) is 11.8 Å². The zero-order valence-corrected chi connectivity index (χ0v) is 17.8.